The number of hydrogen-bond donors (Lipinski definition) is 1. The molecule has 1 N–H and O–H groups in total. The number of aromatic amines is 1. The summed E-state index contributed by atoms with van der Waals surface area (Å²) in [6, 6.07) is 3.72. The molecule has 1 aliphatic heterocycles. The Morgan fingerprint density at radius 2 is 2.08 bits per heavy atom. The molecule has 2 aromatic rings. The van der Waals surface area contributed by atoms with Crippen LogP contribution in [0.1, 0.15) is 21.7 Å². The van der Waals surface area contributed by atoms with Gasteiger partial charge in [0.05, 0.1) is 6.54 Å². The quantitative estimate of drug-likeness (QED) is 0.872. The van der Waals surface area contributed by atoms with Gasteiger partial charge >= 0.3 is 5.69 Å². The van der Waals surface area contributed by atoms with E-state index in [0.29, 0.717) is 13.1 Å². The van der Waals surface area contributed by atoms with Gasteiger partial charge in [0.2, 0.25) is 0 Å². The van der Waals surface area contributed by atoms with E-state index in [1.165, 1.54) is 17.5 Å². The lowest BCUT2D eigenvalue weighted by molar-refractivity contribution is 0.0759. The van der Waals surface area contributed by atoms with Crippen molar-refractivity contribution in [1.82, 2.24) is 19.4 Å². The molecule has 1 saturated heterocycles. The summed E-state index contributed by atoms with van der Waals surface area (Å²) in [5.74, 6) is -0.313. The van der Waals surface area contributed by atoms with Crippen molar-refractivity contribution >= 4 is 17.2 Å². The Morgan fingerprint density at radius 1 is 1.25 bits per heavy atom. The van der Waals surface area contributed by atoms with E-state index >= 15 is 0 Å². The van der Waals surface area contributed by atoms with Crippen molar-refractivity contribution in [3.63, 3.8) is 0 Å². The van der Waals surface area contributed by atoms with Crippen LogP contribution in [0.25, 0.3) is 0 Å². The first-order valence-electron chi connectivity index (χ1n) is 7.89. The number of H-pyrrole nitrogens is 1. The van der Waals surface area contributed by atoms with Crippen molar-refractivity contribution in [2.75, 3.05) is 33.2 Å². The minimum absolute atomic E-state index is 0.0238. The Bertz CT molecular complexity index is 825. The Balaban J connectivity index is 1.89. The highest BCUT2D eigenvalue weighted by atomic mass is 32.1. The van der Waals surface area contributed by atoms with Crippen LogP contribution in [0.4, 0.5) is 0 Å². The van der Waals surface area contributed by atoms with Crippen LogP contribution in [0.2, 0.25) is 0 Å². The van der Waals surface area contributed by atoms with E-state index < -0.39 is 11.2 Å². The smallest absolute Gasteiger partial charge is 0.328 e. The van der Waals surface area contributed by atoms with Crippen LogP contribution >= 0.6 is 11.3 Å². The predicted molar refractivity (Wildman–Crippen MR) is 92.8 cm³/mol. The van der Waals surface area contributed by atoms with Crippen molar-refractivity contribution in [3.8, 4) is 0 Å². The second-order valence-electron chi connectivity index (χ2n) is 5.93. The maximum absolute atomic E-state index is 12.7. The van der Waals surface area contributed by atoms with Crippen LogP contribution in [-0.4, -0.2) is 58.5 Å². The summed E-state index contributed by atoms with van der Waals surface area (Å²) < 4.78 is 1.09. The summed E-state index contributed by atoms with van der Waals surface area (Å²) >= 11 is 1.47. The van der Waals surface area contributed by atoms with Crippen LogP contribution in [-0.2, 0) is 6.54 Å². The number of amides is 1. The molecule has 0 bridgehead atoms. The Hall–Kier alpha value is -2.19. The van der Waals surface area contributed by atoms with Crippen molar-refractivity contribution in [1.29, 1.82) is 0 Å². The van der Waals surface area contributed by atoms with Gasteiger partial charge in [-0.1, -0.05) is 6.07 Å². The molecule has 2 aromatic heterocycles. The molecule has 3 rings (SSSR count). The predicted octanol–water partition coefficient (Wildman–Crippen LogP) is 0.424. The molecule has 1 fully saturated rings. The van der Waals surface area contributed by atoms with Gasteiger partial charge in [-0.25, -0.2) is 4.79 Å². The van der Waals surface area contributed by atoms with Gasteiger partial charge in [-0.2, -0.15) is 0 Å². The zero-order valence-corrected chi connectivity index (χ0v) is 14.3. The maximum atomic E-state index is 12.7. The van der Waals surface area contributed by atoms with E-state index in [1.807, 2.05) is 24.6 Å². The van der Waals surface area contributed by atoms with Gasteiger partial charge in [0.15, 0.2) is 0 Å². The van der Waals surface area contributed by atoms with Crippen LogP contribution in [0, 0.1) is 0 Å². The third-order valence-corrected chi connectivity index (χ3v) is 5.05. The molecule has 0 unspecified atom stereocenters. The fourth-order valence-corrected chi connectivity index (χ4v) is 3.48. The number of carbonyl (C=O) groups excluding carboxylic acids is 1. The zero-order valence-electron chi connectivity index (χ0n) is 13.5. The molecule has 7 nitrogen and oxygen atoms in total. The second kappa shape index (κ2) is 7.14. The van der Waals surface area contributed by atoms with Gasteiger partial charge in [0, 0.05) is 30.7 Å². The monoisotopic (exact) mass is 348 g/mol. The SMILES string of the molecule is CN1CCCN(C(=O)c2c[nH]c(=O)n(Cc3cccs3)c2=O)CC1. The molecule has 1 aliphatic rings. The molecule has 0 aromatic carbocycles. The highest BCUT2D eigenvalue weighted by molar-refractivity contribution is 7.09. The van der Waals surface area contributed by atoms with Gasteiger partial charge in [-0.05, 0) is 31.5 Å². The molecule has 0 spiro atoms. The highest BCUT2D eigenvalue weighted by Gasteiger charge is 2.22. The van der Waals surface area contributed by atoms with Crippen LogP contribution < -0.4 is 11.2 Å². The lowest BCUT2D eigenvalue weighted by atomic mass is 10.2. The zero-order chi connectivity index (χ0) is 17.1. The van der Waals surface area contributed by atoms with Gasteiger partial charge in [0.1, 0.15) is 5.56 Å². The molecule has 8 heteroatoms. The number of rotatable bonds is 3. The van der Waals surface area contributed by atoms with E-state index in [4.69, 9.17) is 0 Å². The Kier molecular flexibility index (Phi) is 4.96. The molecule has 0 atom stereocenters. The molecule has 0 aliphatic carbocycles. The first-order chi connectivity index (χ1) is 11.6. The minimum atomic E-state index is -0.533. The summed E-state index contributed by atoms with van der Waals surface area (Å²) in [5, 5.41) is 1.89. The van der Waals surface area contributed by atoms with Gasteiger partial charge in [-0.15, -0.1) is 11.3 Å². The number of nitrogens with zero attached hydrogens (tertiary/aromatic N) is 3. The summed E-state index contributed by atoms with van der Waals surface area (Å²) in [4.78, 5) is 44.6. The van der Waals surface area contributed by atoms with Crippen LogP contribution in [0.3, 0.4) is 0 Å². The maximum Gasteiger partial charge on any atom is 0.328 e. The number of likely N-dealkylation sites (N-methyl/N-ethyl adjacent to an activating group) is 1. The van der Waals surface area contributed by atoms with Crippen molar-refractivity contribution in [2.45, 2.75) is 13.0 Å². The largest absolute Gasteiger partial charge is 0.337 e. The van der Waals surface area contributed by atoms with E-state index in [-0.39, 0.29) is 18.0 Å². The van der Waals surface area contributed by atoms with Crippen molar-refractivity contribution in [2.24, 2.45) is 0 Å². The van der Waals surface area contributed by atoms with Gasteiger partial charge in [-0.3, -0.25) is 14.2 Å². The van der Waals surface area contributed by atoms with Gasteiger partial charge in [0.25, 0.3) is 11.5 Å². The lowest BCUT2D eigenvalue weighted by Gasteiger charge is -2.20. The minimum Gasteiger partial charge on any atom is -0.337 e. The topological polar surface area (TPSA) is 78.4 Å². The van der Waals surface area contributed by atoms with Gasteiger partial charge < -0.3 is 14.8 Å². The third kappa shape index (κ3) is 3.49. The summed E-state index contributed by atoms with van der Waals surface area (Å²) in [5.41, 5.74) is -1.01. The van der Waals surface area contributed by atoms with Crippen molar-refractivity contribution < 1.29 is 4.79 Å². The van der Waals surface area contributed by atoms with E-state index in [9.17, 15) is 14.4 Å². The average Bonchev–Trinajstić information content (AvgIpc) is 2.98. The molecule has 24 heavy (non-hydrogen) atoms. The third-order valence-electron chi connectivity index (χ3n) is 4.19. The normalized spacial score (nSPS) is 16.1. The number of aromatic nitrogens is 2. The first kappa shape index (κ1) is 16.7. The highest BCUT2D eigenvalue weighted by Crippen LogP contribution is 2.09. The lowest BCUT2D eigenvalue weighted by Crippen LogP contribution is -2.43. The fourth-order valence-electron chi connectivity index (χ4n) is 2.79. The average molecular weight is 348 g/mol. The van der Waals surface area contributed by atoms with Crippen molar-refractivity contribution in [3.05, 3.63) is 55.0 Å². The molecule has 128 valence electrons. The standard InChI is InChI=1S/C16H20N4O3S/c1-18-5-3-6-19(8-7-18)14(21)13-10-17-16(23)20(15(13)22)11-12-4-2-9-24-12/h2,4,9-10H,3,5-8,11H2,1H3,(H,17,23). The molecular formula is C16H20N4O3S. The summed E-state index contributed by atoms with van der Waals surface area (Å²) in [6.45, 7) is 3.08. The van der Waals surface area contributed by atoms with E-state index in [0.717, 1.165) is 29.0 Å². The Labute approximate surface area is 143 Å². The summed E-state index contributed by atoms with van der Waals surface area (Å²) in [7, 11) is 2.02. The van der Waals surface area contributed by atoms with Crippen LogP contribution in [0.5, 0.6) is 0 Å². The van der Waals surface area contributed by atoms with E-state index in [1.54, 1.807) is 4.90 Å². The number of thiophene rings is 1. The second-order valence-corrected chi connectivity index (χ2v) is 6.96. The molecule has 0 radical (unpaired) electrons. The molecule has 1 amide bonds. The molecule has 3 heterocycles. The number of hydrogen-bond acceptors (Lipinski definition) is 5. The molecule has 0 saturated carbocycles. The van der Waals surface area contributed by atoms with Crippen LogP contribution in [0.15, 0.2) is 33.3 Å². The number of nitrogens with one attached hydrogen (secondary N) is 1. The fraction of sp³-hybridized carbons (Fsp3) is 0.438. The number of carbonyl (C=O) groups is 1. The first-order valence-corrected chi connectivity index (χ1v) is 8.77. The molecular weight excluding hydrogens is 328 g/mol. The Morgan fingerprint density at radius 3 is 2.83 bits per heavy atom. The van der Waals surface area contributed by atoms with E-state index in [2.05, 4.69) is 9.88 Å². The summed E-state index contributed by atoms with van der Waals surface area (Å²) in [6.07, 6.45) is 2.11.